The maximum absolute atomic E-state index is 14.0. The normalized spacial score (nSPS) is 15.1. The van der Waals surface area contributed by atoms with Crippen LogP contribution >= 0.6 is 23.2 Å². The van der Waals surface area contributed by atoms with E-state index in [1.807, 2.05) is 0 Å². The van der Waals surface area contributed by atoms with Crippen molar-refractivity contribution in [3.05, 3.63) is 98.0 Å². The summed E-state index contributed by atoms with van der Waals surface area (Å²) in [6.45, 7) is 0. The standard InChI is InChI=1S/C23H16Cl2F2N2O4S/c1-34(32,33)10-11-4-17-20(21(29-23(17)31)16-9-14(26)2-3-18(16)25)19(5-11)28-22(30)12-6-13(24)8-15(27)7-12/h2-9,21H,10H2,1H3,(H,28,30)(H,29,31). The maximum atomic E-state index is 14.0. The molecule has 0 bridgehead atoms. The number of amides is 2. The van der Waals surface area contributed by atoms with Crippen molar-refractivity contribution in [2.24, 2.45) is 0 Å². The minimum Gasteiger partial charge on any atom is -0.341 e. The molecule has 6 nitrogen and oxygen atoms in total. The van der Waals surface area contributed by atoms with Crippen LogP contribution in [0.15, 0.2) is 48.5 Å². The van der Waals surface area contributed by atoms with E-state index in [1.54, 1.807) is 0 Å². The molecule has 0 saturated heterocycles. The number of halogens is 4. The highest BCUT2D eigenvalue weighted by molar-refractivity contribution is 7.89. The lowest BCUT2D eigenvalue weighted by molar-refractivity contribution is 0.0959. The highest BCUT2D eigenvalue weighted by Crippen LogP contribution is 2.40. The van der Waals surface area contributed by atoms with Gasteiger partial charge in [-0.3, -0.25) is 9.59 Å². The number of sulfone groups is 1. The molecule has 3 aromatic rings. The van der Waals surface area contributed by atoms with Gasteiger partial charge in [0.25, 0.3) is 11.8 Å². The average molecular weight is 525 g/mol. The van der Waals surface area contributed by atoms with Crippen molar-refractivity contribution in [2.75, 3.05) is 11.6 Å². The van der Waals surface area contributed by atoms with Crippen LogP contribution in [-0.2, 0) is 15.6 Å². The van der Waals surface area contributed by atoms with Gasteiger partial charge in [0.15, 0.2) is 9.84 Å². The summed E-state index contributed by atoms with van der Waals surface area (Å²) in [4.78, 5) is 25.7. The van der Waals surface area contributed by atoms with E-state index in [2.05, 4.69) is 10.6 Å². The van der Waals surface area contributed by atoms with Crippen molar-refractivity contribution in [2.45, 2.75) is 11.8 Å². The quantitative estimate of drug-likeness (QED) is 0.496. The Kier molecular flexibility index (Phi) is 6.37. The molecule has 34 heavy (non-hydrogen) atoms. The third-order valence-electron chi connectivity index (χ3n) is 5.12. The third-order valence-corrected chi connectivity index (χ3v) is 6.54. The van der Waals surface area contributed by atoms with Crippen LogP contribution in [0.4, 0.5) is 14.5 Å². The zero-order valence-electron chi connectivity index (χ0n) is 17.5. The number of anilines is 1. The second-order valence-corrected chi connectivity index (χ2v) is 10.8. The second kappa shape index (κ2) is 8.98. The first-order valence-corrected chi connectivity index (χ1v) is 12.6. The molecule has 1 aliphatic rings. The Hall–Kier alpha value is -3.01. The minimum absolute atomic E-state index is 0.00229. The van der Waals surface area contributed by atoms with Gasteiger partial charge in [-0.15, -0.1) is 0 Å². The van der Waals surface area contributed by atoms with E-state index < -0.39 is 45.1 Å². The van der Waals surface area contributed by atoms with Gasteiger partial charge >= 0.3 is 0 Å². The number of rotatable bonds is 5. The number of carbonyl (C=O) groups is 2. The van der Waals surface area contributed by atoms with Gasteiger partial charge in [0.2, 0.25) is 0 Å². The number of nitrogens with one attached hydrogen (secondary N) is 2. The molecule has 0 aliphatic carbocycles. The summed E-state index contributed by atoms with van der Waals surface area (Å²) in [5.41, 5.74) is 0.851. The number of benzene rings is 3. The Balaban J connectivity index is 1.87. The molecule has 11 heteroatoms. The van der Waals surface area contributed by atoms with Gasteiger partial charge in [-0.25, -0.2) is 17.2 Å². The Morgan fingerprint density at radius 3 is 2.47 bits per heavy atom. The van der Waals surface area contributed by atoms with Crippen LogP contribution in [0.3, 0.4) is 0 Å². The van der Waals surface area contributed by atoms with E-state index in [0.717, 1.165) is 30.5 Å². The Morgan fingerprint density at radius 2 is 1.79 bits per heavy atom. The van der Waals surface area contributed by atoms with Crippen LogP contribution in [0.2, 0.25) is 10.0 Å². The van der Waals surface area contributed by atoms with E-state index in [0.29, 0.717) is 0 Å². The van der Waals surface area contributed by atoms with Gasteiger partial charge in [0.05, 0.1) is 11.8 Å². The van der Waals surface area contributed by atoms with Gasteiger partial charge in [0.1, 0.15) is 11.6 Å². The molecule has 1 atom stereocenters. The summed E-state index contributed by atoms with van der Waals surface area (Å²) in [7, 11) is -3.48. The zero-order chi connectivity index (χ0) is 24.8. The first kappa shape index (κ1) is 24.1. The smallest absolute Gasteiger partial charge is 0.255 e. The van der Waals surface area contributed by atoms with Gasteiger partial charge in [-0.2, -0.15) is 0 Å². The van der Waals surface area contributed by atoms with Crippen molar-refractivity contribution < 1.29 is 26.8 Å². The SMILES string of the molecule is CS(=O)(=O)Cc1cc(NC(=O)c2cc(F)cc(Cl)c2)c2c(c1)C(=O)NC2c1cc(F)ccc1Cl. The van der Waals surface area contributed by atoms with Crippen molar-refractivity contribution in [1.82, 2.24) is 5.32 Å². The summed E-state index contributed by atoms with van der Waals surface area (Å²) < 4.78 is 51.5. The average Bonchev–Trinajstić information content (AvgIpc) is 3.04. The Morgan fingerprint density at radius 1 is 1.06 bits per heavy atom. The van der Waals surface area contributed by atoms with Crippen LogP contribution in [0.1, 0.15) is 43.4 Å². The zero-order valence-corrected chi connectivity index (χ0v) is 19.8. The largest absolute Gasteiger partial charge is 0.341 e. The molecule has 0 aromatic heterocycles. The Labute approximate surface area is 203 Å². The molecular formula is C23H16Cl2F2N2O4S. The van der Waals surface area contributed by atoms with E-state index in [9.17, 15) is 26.8 Å². The predicted molar refractivity (Wildman–Crippen MR) is 125 cm³/mol. The van der Waals surface area contributed by atoms with Crippen molar-refractivity contribution in [3.8, 4) is 0 Å². The summed E-state index contributed by atoms with van der Waals surface area (Å²) in [6, 6.07) is 8.79. The minimum atomic E-state index is -3.48. The van der Waals surface area contributed by atoms with E-state index >= 15 is 0 Å². The predicted octanol–water partition coefficient (Wildman–Crippen LogP) is 4.90. The molecule has 0 saturated carbocycles. The van der Waals surface area contributed by atoms with E-state index in [4.69, 9.17) is 23.2 Å². The van der Waals surface area contributed by atoms with Gasteiger partial charge in [-0.1, -0.05) is 23.2 Å². The van der Waals surface area contributed by atoms with Crippen molar-refractivity contribution >= 4 is 50.5 Å². The molecule has 2 amide bonds. The topological polar surface area (TPSA) is 92.3 Å². The summed E-state index contributed by atoms with van der Waals surface area (Å²) >= 11 is 12.1. The number of hydrogen-bond donors (Lipinski definition) is 2. The van der Waals surface area contributed by atoms with Crippen LogP contribution in [0, 0.1) is 11.6 Å². The highest BCUT2D eigenvalue weighted by Gasteiger charge is 2.35. The molecule has 3 aromatic carbocycles. The van der Waals surface area contributed by atoms with Gasteiger partial charge < -0.3 is 10.6 Å². The number of carbonyl (C=O) groups excluding carboxylic acids is 2. The number of hydrogen-bond acceptors (Lipinski definition) is 4. The maximum Gasteiger partial charge on any atom is 0.255 e. The lowest BCUT2D eigenvalue weighted by atomic mass is 9.94. The summed E-state index contributed by atoms with van der Waals surface area (Å²) in [6.07, 6.45) is 1.03. The van der Waals surface area contributed by atoms with Crippen molar-refractivity contribution in [1.29, 1.82) is 0 Å². The molecule has 1 unspecified atom stereocenters. The summed E-state index contributed by atoms with van der Waals surface area (Å²) in [5, 5.41) is 5.48. The highest BCUT2D eigenvalue weighted by atomic mass is 35.5. The van der Waals surface area contributed by atoms with Gasteiger partial charge in [-0.05, 0) is 54.1 Å². The van der Waals surface area contributed by atoms with E-state index in [-0.39, 0.29) is 43.5 Å². The molecular weight excluding hydrogens is 509 g/mol. The monoisotopic (exact) mass is 524 g/mol. The molecule has 2 N–H and O–H groups in total. The molecule has 1 aliphatic heterocycles. The molecule has 0 radical (unpaired) electrons. The fourth-order valence-corrected chi connectivity index (χ4v) is 5.05. The summed E-state index contributed by atoms with van der Waals surface area (Å²) in [5.74, 6) is -3.01. The lowest BCUT2D eigenvalue weighted by Crippen LogP contribution is -2.21. The fraction of sp³-hybridized carbons (Fsp3) is 0.130. The molecule has 0 fully saturated rings. The van der Waals surface area contributed by atoms with Crippen LogP contribution in [-0.4, -0.2) is 26.5 Å². The number of fused-ring (bicyclic) bond motifs is 1. The lowest BCUT2D eigenvalue weighted by Gasteiger charge is -2.19. The second-order valence-electron chi connectivity index (χ2n) is 7.86. The van der Waals surface area contributed by atoms with E-state index in [1.165, 1.54) is 24.3 Å². The van der Waals surface area contributed by atoms with Crippen LogP contribution < -0.4 is 10.6 Å². The molecule has 1 heterocycles. The van der Waals surface area contributed by atoms with Crippen LogP contribution in [0.25, 0.3) is 0 Å². The first-order chi connectivity index (χ1) is 15.9. The van der Waals surface area contributed by atoms with Crippen LogP contribution in [0.5, 0.6) is 0 Å². The van der Waals surface area contributed by atoms with Crippen molar-refractivity contribution in [3.63, 3.8) is 0 Å². The Bertz CT molecular complexity index is 1440. The molecule has 4 rings (SSSR count). The fourth-order valence-electron chi connectivity index (χ4n) is 3.83. The van der Waals surface area contributed by atoms with Gasteiger partial charge in [0, 0.05) is 44.2 Å². The molecule has 176 valence electrons. The molecule has 0 spiro atoms. The first-order valence-electron chi connectivity index (χ1n) is 9.79. The third kappa shape index (κ3) is 5.06.